The van der Waals surface area contributed by atoms with Crippen LogP contribution in [0.2, 0.25) is 0 Å². The number of hydrogen-bond acceptors (Lipinski definition) is 5. The molecule has 0 radical (unpaired) electrons. The fourth-order valence-corrected chi connectivity index (χ4v) is 1.56. The first kappa shape index (κ1) is 8.60. The lowest BCUT2D eigenvalue weighted by atomic mass is 10.4. The number of aryl methyl sites for hydroxylation is 1. The fraction of sp³-hybridized carbons (Fsp3) is 0.125. The van der Waals surface area contributed by atoms with E-state index in [2.05, 4.69) is 20.4 Å². The summed E-state index contributed by atoms with van der Waals surface area (Å²) in [6.45, 7) is 0. The van der Waals surface area contributed by atoms with E-state index < -0.39 is 0 Å². The summed E-state index contributed by atoms with van der Waals surface area (Å²) < 4.78 is 2.60. The molecular weight excluding hydrogens is 210 g/mol. The van der Waals surface area contributed by atoms with Crippen molar-refractivity contribution >= 4 is 16.7 Å². The Hall–Kier alpha value is -2.69. The second-order valence-electron chi connectivity index (χ2n) is 3.25. The highest BCUT2D eigenvalue weighted by Crippen LogP contribution is 2.08. The minimum absolute atomic E-state index is 0.0835. The average Bonchev–Trinajstić information content (AvgIpc) is 2.84. The SMILES string of the molecule is Cn1ncc2c(=O)n3[nH]nc(C#N)c3nc21. The first-order chi connectivity index (χ1) is 7.72. The van der Waals surface area contributed by atoms with Crippen LogP contribution in [-0.4, -0.2) is 29.6 Å². The van der Waals surface area contributed by atoms with E-state index in [0.29, 0.717) is 11.0 Å². The molecule has 8 heteroatoms. The first-order valence-corrected chi connectivity index (χ1v) is 4.41. The zero-order chi connectivity index (χ0) is 11.3. The van der Waals surface area contributed by atoms with Gasteiger partial charge in [-0.05, 0) is 0 Å². The summed E-state index contributed by atoms with van der Waals surface area (Å²) >= 11 is 0. The quantitative estimate of drug-likeness (QED) is 0.527. The van der Waals surface area contributed by atoms with E-state index in [1.165, 1.54) is 10.9 Å². The largest absolute Gasteiger partial charge is 0.285 e. The van der Waals surface area contributed by atoms with Gasteiger partial charge < -0.3 is 0 Å². The van der Waals surface area contributed by atoms with E-state index in [9.17, 15) is 4.79 Å². The van der Waals surface area contributed by atoms with Gasteiger partial charge in [0.1, 0.15) is 11.5 Å². The average molecular weight is 215 g/mol. The number of nitrogens with one attached hydrogen (secondary N) is 1. The smallest absolute Gasteiger partial charge is 0.266 e. The molecule has 0 bridgehead atoms. The summed E-state index contributed by atoms with van der Waals surface area (Å²) in [5.74, 6) is 0. The minimum Gasteiger partial charge on any atom is -0.266 e. The van der Waals surface area contributed by atoms with Crippen molar-refractivity contribution in [2.75, 3.05) is 0 Å². The van der Waals surface area contributed by atoms with E-state index in [-0.39, 0.29) is 16.9 Å². The number of H-pyrrole nitrogens is 1. The molecule has 3 aromatic rings. The predicted molar refractivity (Wildman–Crippen MR) is 52.6 cm³/mol. The van der Waals surface area contributed by atoms with Crippen LogP contribution >= 0.6 is 0 Å². The minimum atomic E-state index is -0.317. The molecule has 0 aliphatic carbocycles. The Morgan fingerprint density at radius 3 is 3.06 bits per heavy atom. The molecule has 0 saturated heterocycles. The molecule has 0 aromatic carbocycles. The van der Waals surface area contributed by atoms with Gasteiger partial charge in [-0.25, -0.2) is 10.2 Å². The molecule has 0 atom stereocenters. The molecule has 78 valence electrons. The molecule has 3 rings (SSSR count). The third-order valence-corrected chi connectivity index (χ3v) is 2.34. The van der Waals surface area contributed by atoms with Gasteiger partial charge in [0.15, 0.2) is 11.3 Å². The monoisotopic (exact) mass is 215 g/mol. The second-order valence-corrected chi connectivity index (χ2v) is 3.25. The van der Waals surface area contributed by atoms with Gasteiger partial charge >= 0.3 is 0 Å². The van der Waals surface area contributed by atoms with Gasteiger partial charge in [0.2, 0.25) is 5.69 Å². The summed E-state index contributed by atoms with van der Waals surface area (Å²) in [5.41, 5.74) is 0.411. The summed E-state index contributed by atoms with van der Waals surface area (Å²) in [7, 11) is 1.68. The molecule has 0 unspecified atom stereocenters. The Labute approximate surface area is 87.7 Å². The molecule has 3 aromatic heterocycles. The highest BCUT2D eigenvalue weighted by molar-refractivity contribution is 5.76. The molecule has 0 aliphatic heterocycles. The highest BCUT2D eigenvalue weighted by atomic mass is 16.1. The zero-order valence-electron chi connectivity index (χ0n) is 8.17. The summed E-state index contributed by atoms with van der Waals surface area (Å²) in [6.07, 6.45) is 1.43. The van der Waals surface area contributed by atoms with Crippen LogP contribution < -0.4 is 5.56 Å². The zero-order valence-corrected chi connectivity index (χ0v) is 8.17. The number of aromatic nitrogens is 6. The van der Waals surface area contributed by atoms with Crippen LogP contribution in [-0.2, 0) is 7.05 Å². The fourth-order valence-electron chi connectivity index (χ4n) is 1.56. The maximum absolute atomic E-state index is 11.9. The Morgan fingerprint density at radius 2 is 2.31 bits per heavy atom. The number of hydrogen-bond donors (Lipinski definition) is 1. The van der Waals surface area contributed by atoms with Crippen molar-refractivity contribution in [2.24, 2.45) is 7.05 Å². The molecule has 0 spiro atoms. The van der Waals surface area contributed by atoms with E-state index >= 15 is 0 Å². The van der Waals surface area contributed by atoms with Gasteiger partial charge in [0, 0.05) is 7.05 Å². The molecule has 0 fully saturated rings. The number of nitriles is 1. The lowest BCUT2D eigenvalue weighted by Gasteiger charge is -1.94. The third-order valence-electron chi connectivity index (χ3n) is 2.34. The normalized spacial score (nSPS) is 11.0. The molecule has 1 N–H and O–H groups in total. The van der Waals surface area contributed by atoms with Crippen LogP contribution in [0.15, 0.2) is 11.0 Å². The molecule has 8 nitrogen and oxygen atoms in total. The summed E-state index contributed by atoms with van der Waals surface area (Å²) in [6, 6.07) is 1.86. The second kappa shape index (κ2) is 2.66. The van der Waals surface area contributed by atoms with Gasteiger partial charge in [-0.15, -0.1) is 5.10 Å². The van der Waals surface area contributed by atoms with Crippen molar-refractivity contribution in [3.05, 3.63) is 22.2 Å². The van der Waals surface area contributed by atoms with E-state index in [4.69, 9.17) is 5.26 Å². The van der Waals surface area contributed by atoms with Gasteiger partial charge in [-0.1, -0.05) is 0 Å². The Morgan fingerprint density at radius 1 is 1.50 bits per heavy atom. The Kier molecular flexibility index (Phi) is 1.43. The molecule has 0 amide bonds. The maximum atomic E-state index is 11.9. The van der Waals surface area contributed by atoms with Crippen LogP contribution in [0.5, 0.6) is 0 Å². The molecule has 0 aliphatic rings. The first-order valence-electron chi connectivity index (χ1n) is 4.41. The van der Waals surface area contributed by atoms with Crippen LogP contribution in [0, 0.1) is 11.3 Å². The van der Waals surface area contributed by atoms with Crippen LogP contribution in [0.1, 0.15) is 5.69 Å². The van der Waals surface area contributed by atoms with Crippen molar-refractivity contribution in [1.29, 1.82) is 5.26 Å². The van der Waals surface area contributed by atoms with Gasteiger partial charge in [0.25, 0.3) is 5.56 Å². The van der Waals surface area contributed by atoms with Crippen molar-refractivity contribution in [3.63, 3.8) is 0 Å². The van der Waals surface area contributed by atoms with Crippen molar-refractivity contribution in [2.45, 2.75) is 0 Å². The van der Waals surface area contributed by atoms with Crippen LogP contribution in [0.3, 0.4) is 0 Å². The predicted octanol–water partition coefficient (Wildman–Crippen LogP) is -0.824. The molecule has 3 heterocycles. The van der Waals surface area contributed by atoms with Crippen molar-refractivity contribution < 1.29 is 0 Å². The summed E-state index contributed by atoms with van der Waals surface area (Å²) in [4.78, 5) is 16.1. The molecule has 0 saturated carbocycles. The Bertz CT molecular complexity index is 799. The van der Waals surface area contributed by atoms with Gasteiger partial charge in [0.05, 0.1) is 6.20 Å². The van der Waals surface area contributed by atoms with Gasteiger partial charge in [-0.3, -0.25) is 9.48 Å². The van der Waals surface area contributed by atoms with E-state index in [1.807, 2.05) is 6.07 Å². The van der Waals surface area contributed by atoms with Gasteiger partial charge in [-0.2, -0.15) is 14.9 Å². The van der Waals surface area contributed by atoms with E-state index in [1.54, 1.807) is 7.05 Å². The van der Waals surface area contributed by atoms with Crippen molar-refractivity contribution in [3.8, 4) is 6.07 Å². The van der Waals surface area contributed by atoms with Crippen LogP contribution in [0.4, 0.5) is 0 Å². The lowest BCUT2D eigenvalue weighted by Crippen LogP contribution is -2.15. The van der Waals surface area contributed by atoms with Crippen LogP contribution in [0.25, 0.3) is 16.7 Å². The maximum Gasteiger partial charge on any atom is 0.285 e. The molecular formula is C8H5N7O. The molecule has 16 heavy (non-hydrogen) atoms. The number of fused-ring (bicyclic) bond motifs is 2. The highest BCUT2D eigenvalue weighted by Gasteiger charge is 2.13. The summed E-state index contributed by atoms with van der Waals surface area (Å²) in [5, 5.41) is 19.3. The lowest BCUT2D eigenvalue weighted by molar-refractivity contribution is 0.783. The number of rotatable bonds is 0. The van der Waals surface area contributed by atoms with E-state index in [0.717, 1.165) is 4.52 Å². The third kappa shape index (κ3) is 0.864. The Balaban J connectivity index is 2.66. The van der Waals surface area contributed by atoms with Crippen molar-refractivity contribution in [1.82, 2.24) is 29.6 Å². The number of nitrogens with zero attached hydrogens (tertiary/aromatic N) is 6. The standard InChI is InChI=1S/C8H5N7O/c1-14-6-4(3-10-14)8(16)15-7(11-6)5(2-9)12-13-15/h3,13H,1H3. The topological polar surface area (TPSA) is 105 Å². The number of aromatic amines is 1.